The van der Waals surface area contributed by atoms with Gasteiger partial charge in [0, 0.05) is 41.9 Å². The van der Waals surface area contributed by atoms with Crippen LogP contribution >= 0.6 is 11.6 Å². The molecule has 0 saturated heterocycles. The quantitative estimate of drug-likeness (QED) is 0.281. The van der Waals surface area contributed by atoms with E-state index in [-0.39, 0.29) is 0 Å². The number of halogens is 1. The van der Waals surface area contributed by atoms with Gasteiger partial charge in [0.1, 0.15) is 0 Å². The predicted molar refractivity (Wildman–Crippen MR) is 131 cm³/mol. The van der Waals surface area contributed by atoms with E-state index in [2.05, 4.69) is 75.9 Å². The van der Waals surface area contributed by atoms with Crippen molar-refractivity contribution in [3.63, 3.8) is 0 Å². The summed E-state index contributed by atoms with van der Waals surface area (Å²) >= 11 is 6.10. The minimum Gasteiger partial charge on any atom is -0.384 e. The van der Waals surface area contributed by atoms with Crippen LogP contribution in [0.4, 0.5) is 5.69 Å². The molecule has 4 aromatic rings. The summed E-state index contributed by atoms with van der Waals surface area (Å²) < 4.78 is 0. The van der Waals surface area contributed by atoms with Crippen LogP contribution in [0.15, 0.2) is 91.1 Å². The Labute approximate surface area is 189 Å². The van der Waals surface area contributed by atoms with E-state index in [9.17, 15) is 0 Å². The maximum absolute atomic E-state index is 6.10. The summed E-state index contributed by atoms with van der Waals surface area (Å²) in [5, 5.41) is 5.41. The summed E-state index contributed by atoms with van der Waals surface area (Å²) in [6.45, 7) is 3.95. The van der Waals surface area contributed by atoms with Gasteiger partial charge in [0.15, 0.2) is 0 Å². The number of hydrogen-bond acceptors (Lipinski definition) is 3. The first-order valence-electron chi connectivity index (χ1n) is 10.9. The molecule has 4 rings (SSSR count). The van der Waals surface area contributed by atoms with E-state index in [4.69, 9.17) is 11.6 Å². The fourth-order valence-electron chi connectivity index (χ4n) is 3.86. The van der Waals surface area contributed by atoms with Crippen molar-refractivity contribution < 1.29 is 0 Å². The van der Waals surface area contributed by atoms with E-state index in [1.165, 1.54) is 11.1 Å². The van der Waals surface area contributed by atoms with E-state index in [1.807, 2.05) is 30.5 Å². The smallest absolute Gasteiger partial charge is 0.0737 e. The lowest BCUT2D eigenvalue weighted by molar-refractivity contribution is 0.252. The van der Waals surface area contributed by atoms with Crippen LogP contribution in [0.1, 0.15) is 24.0 Å². The first-order valence-corrected chi connectivity index (χ1v) is 11.2. The van der Waals surface area contributed by atoms with Crippen molar-refractivity contribution in [1.82, 2.24) is 9.88 Å². The van der Waals surface area contributed by atoms with E-state index >= 15 is 0 Å². The van der Waals surface area contributed by atoms with Gasteiger partial charge in [0.05, 0.1) is 5.52 Å². The first-order chi connectivity index (χ1) is 15.3. The second kappa shape index (κ2) is 10.9. The number of benzene rings is 3. The zero-order valence-electron chi connectivity index (χ0n) is 17.7. The highest BCUT2D eigenvalue weighted by Gasteiger charge is 2.08. The maximum atomic E-state index is 6.10. The standard InChI is InChI=1S/C27H28ClN3/c28-24-13-14-25-26(15-17-30-27(25)19-24)29-16-7-8-18-31(20-22-9-3-1-4-10-22)21-23-11-5-2-6-12-23/h1-6,9-15,17,19H,7-8,16,18,20-21H2,(H,29,30). The van der Waals surface area contributed by atoms with Crippen LogP contribution in [0.25, 0.3) is 10.9 Å². The Morgan fingerprint density at radius 3 is 2.13 bits per heavy atom. The maximum Gasteiger partial charge on any atom is 0.0737 e. The number of aromatic nitrogens is 1. The van der Waals surface area contributed by atoms with Crippen molar-refractivity contribution in [1.29, 1.82) is 0 Å². The molecule has 1 N–H and O–H groups in total. The fraction of sp³-hybridized carbons (Fsp3) is 0.222. The highest BCUT2D eigenvalue weighted by atomic mass is 35.5. The second-order valence-corrected chi connectivity index (χ2v) is 8.27. The number of anilines is 1. The lowest BCUT2D eigenvalue weighted by atomic mass is 10.1. The van der Waals surface area contributed by atoms with Gasteiger partial charge in [0.25, 0.3) is 0 Å². The lowest BCUT2D eigenvalue weighted by Crippen LogP contribution is -2.24. The van der Waals surface area contributed by atoms with Crippen molar-refractivity contribution in [3.8, 4) is 0 Å². The Bertz CT molecular complexity index is 1040. The first kappa shape index (κ1) is 21.4. The lowest BCUT2D eigenvalue weighted by Gasteiger charge is -2.23. The molecule has 3 nitrogen and oxygen atoms in total. The van der Waals surface area contributed by atoms with Crippen LogP contribution in [0.5, 0.6) is 0 Å². The van der Waals surface area contributed by atoms with Crippen molar-refractivity contribution in [2.75, 3.05) is 18.4 Å². The highest BCUT2D eigenvalue weighted by Crippen LogP contribution is 2.24. The average Bonchev–Trinajstić information content (AvgIpc) is 2.80. The zero-order valence-corrected chi connectivity index (χ0v) is 18.4. The average molecular weight is 430 g/mol. The van der Waals surface area contributed by atoms with Gasteiger partial charge in [-0.2, -0.15) is 0 Å². The Hall–Kier alpha value is -2.88. The van der Waals surface area contributed by atoms with Crippen molar-refractivity contribution in [2.24, 2.45) is 0 Å². The largest absolute Gasteiger partial charge is 0.384 e. The van der Waals surface area contributed by atoms with Gasteiger partial charge in [-0.05, 0) is 54.8 Å². The van der Waals surface area contributed by atoms with Crippen molar-refractivity contribution in [3.05, 3.63) is 107 Å². The van der Waals surface area contributed by atoms with Gasteiger partial charge in [-0.15, -0.1) is 0 Å². The molecule has 0 saturated carbocycles. The molecule has 1 aromatic heterocycles. The molecule has 31 heavy (non-hydrogen) atoms. The molecule has 0 unspecified atom stereocenters. The molecular formula is C27H28ClN3. The van der Waals surface area contributed by atoms with Gasteiger partial charge in [-0.1, -0.05) is 72.3 Å². The Morgan fingerprint density at radius 1 is 0.774 bits per heavy atom. The van der Waals surface area contributed by atoms with Gasteiger partial charge < -0.3 is 5.32 Å². The molecule has 0 aliphatic carbocycles. The number of nitrogens with one attached hydrogen (secondary N) is 1. The third-order valence-corrected chi connectivity index (χ3v) is 5.65. The van der Waals surface area contributed by atoms with Crippen LogP contribution in [0, 0.1) is 0 Å². The Morgan fingerprint density at radius 2 is 1.45 bits per heavy atom. The number of fused-ring (bicyclic) bond motifs is 1. The second-order valence-electron chi connectivity index (χ2n) is 7.84. The number of pyridine rings is 1. The minimum absolute atomic E-state index is 0.717. The molecule has 0 amide bonds. The molecule has 4 heteroatoms. The van der Waals surface area contributed by atoms with E-state index in [0.717, 1.165) is 55.6 Å². The van der Waals surface area contributed by atoms with Gasteiger partial charge in [-0.25, -0.2) is 0 Å². The molecular weight excluding hydrogens is 402 g/mol. The summed E-state index contributed by atoms with van der Waals surface area (Å²) in [5.41, 5.74) is 4.76. The highest BCUT2D eigenvalue weighted by molar-refractivity contribution is 6.31. The van der Waals surface area contributed by atoms with Crippen LogP contribution < -0.4 is 5.32 Å². The molecule has 0 aliphatic rings. The predicted octanol–water partition coefficient (Wildman–Crippen LogP) is 6.78. The number of rotatable bonds is 10. The van der Waals surface area contributed by atoms with Crippen LogP contribution in [-0.2, 0) is 13.1 Å². The molecule has 0 aliphatic heterocycles. The van der Waals surface area contributed by atoms with E-state index in [1.54, 1.807) is 0 Å². The van der Waals surface area contributed by atoms with Crippen LogP contribution in [0.3, 0.4) is 0 Å². The molecule has 0 atom stereocenters. The number of hydrogen-bond donors (Lipinski definition) is 1. The molecule has 3 aromatic carbocycles. The Kier molecular flexibility index (Phi) is 7.54. The third-order valence-electron chi connectivity index (χ3n) is 5.42. The molecule has 158 valence electrons. The molecule has 0 fully saturated rings. The topological polar surface area (TPSA) is 28.2 Å². The van der Waals surface area contributed by atoms with Gasteiger partial charge >= 0.3 is 0 Å². The van der Waals surface area contributed by atoms with Crippen LogP contribution in [0.2, 0.25) is 5.02 Å². The SMILES string of the molecule is Clc1ccc2c(NCCCCN(Cc3ccccc3)Cc3ccccc3)ccnc2c1. The van der Waals surface area contributed by atoms with E-state index < -0.39 is 0 Å². The number of nitrogens with zero attached hydrogens (tertiary/aromatic N) is 2. The zero-order chi connectivity index (χ0) is 21.3. The summed E-state index contributed by atoms with van der Waals surface area (Å²) in [7, 11) is 0. The minimum atomic E-state index is 0.717. The molecule has 1 heterocycles. The normalized spacial score (nSPS) is 11.2. The third kappa shape index (κ3) is 6.30. The number of unbranched alkanes of at least 4 members (excludes halogenated alkanes) is 1. The Balaban J connectivity index is 1.31. The summed E-state index contributed by atoms with van der Waals surface area (Å²) in [6, 6.07) is 29.4. The van der Waals surface area contributed by atoms with Crippen molar-refractivity contribution in [2.45, 2.75) is 25.9 Å². The summed E-state index contributed by atoms with van der Waals surface area (Å²) in [4.78, 5) is 6.96. The fourth-order valence-corrected chi connectivity index (χ4v) is 4.02. The van der Waals surface area contributed by atoms with Gasteiger partial charge in [-0.3, -0.25) is 9.88 Å². The molecule has 0 bridgehead atoms. The van der Waals surface area contributed by atoms with E-state index in [0.29, 0.717) is 5.02 Å². The molecule has 0 spiro atoms. The summed E-state index contributed by atoms with van der Waals surface area (Å²) in [5.74, 6) is 0. The van der Waals surface area contributed by atoms with Gasteiger partial charge in [0.2, 0.25) is 0 Å². The monoisotopic (exact) mass is 429 g/mol. The van der Waals surface area contributed by atoms with Crippen LogP contribution in [-0.4, -0.2) is 23.0 Å². The van der Waals surface area contributed by atoms with Crippen molar-refractivity contribution >= 4 is 28.2 Å². The summed E-state index contributed by atoms with van der Waals surface area (Å²) in [6.07, 6.45) is 4.08. The molecule has 0 radical (unpaired) electrons.